The lowest BCUT2D eigenvalue weighted by Crippen LogP contribution is -2.25. The summed E-state index contributed by atoms with van der Waals surface area (Å²) in [5.74, 6) is -0.608. The third kappa shape index (κ3) is 3.88. The molecule has 156 valence electrons. The Morgan fingerprint density at radius 2 is 1.78 bits per heavy atom. The zero-order valence-electron chi connectivity index (χ0n) is 17.2. The predicted octanol–water partition coefficient (Wildman–Crippen LogP) is 6.58. The fourth-order valence-electron chi connectivity index (χ4n) is 3.50. The molecule has 0 fully saturated rings. The van der Waals surface area contributed by atoms with Gasteiger partial charge in [-0.05, 0) is 59.2 Å². The van der Waals surface area contributed by atoms with E-state index in [0.717, 1.165) is 26.6 Å². The highest BCUT2D eigenvalue weighted by Crippen LogP contribution is 2.31. The molecule has 1 aromatic heterocycles. The molecule has 6 heteroatoms. The second-order valence-corrected chi connectivity index (χ2v) is 8.42. The predicted molar refractivity (Wildman–Crippen MR) is 129 cm³/mol. The van der Waals surface area contributed by atoms with Crippen LogP contribution in [0.2, 0.25) is 0 Å². The number of thiazole rings is 1. The second-order valence-electron chi connectivity index (χ2n) is 7.41. The highest BCUT2D eigenvalue weighted by Gasteiger charge is 2.22. The van der Waals surface area contributed by atoms with Crippen LogP contribution in [0.4, 0.5) is 9.52 Å². The summed E-state index contributed by atoms with van der Waals surface area (Å²) < 4.78 is 14.3. The molecule has 0 aliphatic carbocycles. The van der Waals surface area contributed by atoms with Gasteiger partial charge in [0.05, 0.1) is 16.4 Å². The quantitative estimate of drug-likeness (QED) is 0.235. The monoisotopic (exact) mass is 439 g/mol. The summed E-state index contributed by atoms with van der Waals surface area (Å²) in [5, 5.41) is 8.10. The first-order valence-electron chi connectivity index (χ1n) is 10.1. The molecule has 32 heavy (non-hydrogen) atoms. The number of fused-ring (bicyclic) bond motifs is 2. The minimum atomic E-state index is -0.326. The number of halogens is 1. The SMILES string of the molecule is Cc1ccc2nc(N(/N=C/c3ccc(F)cc3)C(=O)c3cccc4ccccc34)sc2c1. The molecule has 5 rings (SSSR count). The lowest BCUT2D eigenvalue weighted by Gasteiger charge is -2.15. The standard InChI is InChI=1S/C26H18FN3OS/c1-17-9-14-23-24(15-17)32-26(29-23)30(28-16-18-10-12-20(27)13-11-18)25(31)22-8-4-6-19-5-2-3-7-21(19)22/h2-16H,1H3/b28-16+. The van der Waals surface area contributed by atoms with Crippen LogP contribution in [-0.2, 0) is 0 Å². The molecule has 4 aromatic carbocycles. The van der Waals surface area contributed by atoms with E-state index in [9.17, 15) is 9.18 Å². The fourth-order valence-corrected chi connectivity index (χ4v) is 4.52. The second kappa shape index (κ2) is 8.32. The number of hydrazone groups is 1. The average Bonchev–Trinajstić information content (AvgIpc) is 3.22. The molecule has 1 amide bonds. The number of nitrogens with zero attached hydrogens (tertiary/aromatic N) is 3. The van der Waals surface area contributed by atoms with Crippen molar-refractivity contribution in [3.05, 3.63) is 107 Å². The van der Waals surface area contributed by atoms with Crippen molar-refractivity contribution in [3.63, 3.8) is 0 Å². The highest BCUT2D eigenvalue weighted by atomic mass is 32.1. The largest absolute Gasteiger partial charge is 0.281 e. The van der Waals surface area contributed by atoms with Crippen LogP contribution in [-0.4, -0.2) is 17.1 Å². The van der Waals surface area contributed by atoms with Crippen LogP contribution in [0.5, 0.6) is 0 Å². The van der Waals surface area contributed by atoms with E-state index >= 15 is 0 Å². The van der Waals surface area contributed by atoms with Crippen molar-refractivity contribution in [3.8, 4) is 0 Å². The van der Waals surface area contributed by atoms with Gasteiger partial charge in [-0.2, -0.15) is 10.1 Å². The van der Waals surface area contributed by atoms with Crippen molar-refractivity contribution >= 4 is 49.6 Å². The Labute approximate surface area is 188 Å². The van der Waals surface area contributed by atoms with Crippen LogP contribution in [0.3, 0.4) is 0 Å². The fraction of sp³-hybridized carbons (Fsp3) is 0.0385. The summed E-state index contributed by atoms with van der Waals surface area (Å²) in [6.07, 6.45) is 1.54. The number of aryl methyl sites for hydroxylation is 1. The van der Waals surface area contributed by atoms with Gasteiger partial charge in [0.25, 0.3) is 5.91 Å². The molecule has 0 N–H and O–H groups in total. The van der Waals surface area contributed by atoms with E-state index in [4.69, 9.17) is 0 Å². The van der Waals surface area contributed by atoms with Crippen molar-refractivity contribution in [2.75, 3.05) is 5.01 Å². The van der Waals surface area contributed by atoms with Gasteiger partial charge in [-0.15, -0.1) is 0 Å². The highest BCUT2D eigenvalue weighted by molar-refractivity contribution is 7.22. The number of carbonyl (C=O) groups excluding carboxylic acids is 1. The maximum Gasteiger partial charge on any atom is 0.281 e. The third-order valence-electron chi connectivity index (χ3n) is 5.12. The molecule has 0 atom stereocenters. The van der Waals surface area contributed by atoms with Crippen molar-refractivity contribution < 1.29 is 9.18 Å². The first-order valence-corrected chi connectivity index (χ1v) is 10.9. The number of benzene rings is 4. The van der Waals surface area contributed by atoms with Gasteiger partial charge >= 0.3 is 0 Å². The van der Waals surface area contributed by atoms with Crippen LogP contribution in [0.25, 0.3) is 21.0 Å². The van der Waals surface area contributed by atoms with Crippen LogP contribution < -0.4 is 5.01 Å². The van der Waals surface area contributed by atoms with Gasteiger partial charge in [0, 0.05) is 5.56 Å². The van der Waals surface area contributed by atoms with E-state index in [1.807, 2.05) is 61.5 Å². The van der Waals surface area contributed by atoms with Gasteiger partial charge in [-0.1, -0.05) is 65.9 Å². The van der Waals surface area contributed by atoms with Crippen LogP contribution >= 0.6 is 11.3 Å². The molecule has 0 saturated heterocycles. The number of aromatic nitrogens is 1. The van der Waals surface area contributed by atoms with E-state index in [2.05, 4.69) is 10.1 Å². The van der Waals surface area contributed by atoms with Crippen LogP contribution in [0.1, 0.15) is 21.5 Å². The molecular formula is C26H18FN3OS. The summed E-state index contributed by atoms with van der Waals surface area (Å²) in [6.45, 7) is 2.02. The van der Waals surface area contributed by atoms with Gasteiger partial charge in [-0.25, -0.2) is 9.37 Å². The van der Waals surface area contributed by atoms with Gasteiger partial charge in [0.15, 0.2) is 0 Å². The summed E-state index contributed by atoms with van der Waals surface area (Å²) in [7, 11) is 0. The summed E-state index contributed by atoms with van der Waals surface area (Å²) >= 11 is 1.41. The van der Waals surface area contributed by atoms with E-state index in [0.29, 0.717) is 16.3 Å². The lowest BCUT2D eigenvalue weighted by atomic mass is 10.0. The summed E-state index contributed by atoms with van der Waals surface area (Å²) in [5.41, 5.74) is 3.15. The lowest BCUT2D eigenvalue weighted by molar-refractivity contribution is 0.0989. The minimum absolute atomic E-state index is 0.282. The number of anilines is 1. The van der Waals surface area contributed by atoms with Gasteiger partial charge in [-0.3, -0.25) is 4.79 Å². The van der Waals surface area contributed by atoms with Gasteiger partial charge in [0.2, 0.25) is 5.13 Å². The number of hydrogen-bond donors (Lipinski definition) is 0. The Hall–Kier alpha value is -3.90. The zero-order valence-corrected chi connectivity index (χ0v) is 18.0. The molecule has 5 aromatic rings. The number of carbonyl (C=O) groups is 1. The van der Waals surface area contributed by atoms with Gasteiger partial charge in [0.1, 0.15) is 5.82 Å². The number of hydrogen-bond acceptors (Lipinski definition) is 4. The molecule has 0 bridgehead atoms. The first-order chi connectivity index (χ1) is 15.6. The molecule has 4 nitrogen and oxygen atoms in total. The normalized spacial score (nSPS) is 11.4. The van der Waals surface area contributed by atoms with Crippen molar-refractivity contribution in [1.29, 1.82) is 0 Å². The van der Waals surface area contributed by atoms with Crippen molar-refractivity contribution in [1.82, 2.24) is 4.98 Å². The maximum absolute atomic E-state index is 13.7. The molecule has 0 spiro atoms. The molecule has 0 saturated carbocycles. The number of amides is 1. The Bertz CT molecular complexity index is 1470. The van der Waals surface area contributed by atoms with Crippen LogP contribution in [0, 0.1) is 12.7 Å². The molecular weight excluding hydrogens is 421 g/mol. The Kier molecular flexibility index (Phi) is 5.21. The van der Waals surface area contributed by atoms with E-state index in [1.54, 1.807) is 24.4 Å². The van der Waals surface area contributed by atoms with Crippen molar-refractivity contribution in [2.45, 2.75) is 6.92 Å². The summed E-state index contributed by atoms with van der Waals surface area (Å²) in [4.78, 5) is 18.4. The minimum Gasteiger partial charge on any atom is -0.267 e. The topological polar surface area (TPSA) is 45.6 Å². The summed E-state index contributed by atoms with van der Waals surface area (Å²) in [6, 6.07) is 25.3. The van der Waals surface area contributed by atoms with E-state index < -0.39 is 0 Å². The number of rotatable bonds is 4. The van der Waals surface area contributed by atoms with Crippen molar-refractivity contribution in [2.24, 2.45) is 5.10 Å². The van der Waals surface area contributed by atoms with E-state index in [1.165, 1.54) is 28.5 Å². The Balaban J connectivity index is 1.62. The molecule has 0 aliphatic rings. The molecule has 0 unspecified atom stereocenters. The van der Waals surface area contributed by atoms with Crippen LogP contribution in [0.15, 0.2) is 90.0 Å². The average molecular weight is 440 g/mol. The third-order valence-corrected chi connectivity index (χ3v) is 6.11. The molecule has 0 radical (unpaired) electrons. The maximum atomic E-state index is 13.7. The van der Waals surface area contributed by atoms with Gasteiger partial charge < -0.3 is 0 Å². The first kappa shape index (κ1) is 20.0. The Morgan fingerprint density at radius 1 is 1.00 bits per heavy atom. The zero-order chi connectivity index (χ0) is 22.1. The molecule has 0 aliphatic heterocycles. The molecule has 1 heterocycles. The smallest absolute Gasteiger partial charge is 0.267 e. The van der Waals surface area contributed by atoms with E-state index in [-0.39, 0.29) is 11.7 Å². The Morgan fingerprint density at radius 3 is 2.62 bits per heavy atom.